The fourth-order valence-electron chi connectivity index (χ4n) is 6.77. The number of pyridine rings is 1. The average molecular weight is 722 g/mol. The molecule has 0 radical (unpaired) electrons. The molecule has 2 aromatic heterocycles. The summed E-state index contributed by atoms with van der Waals surface area (Å²) in [5.41, 5.74) is -1.88. The molecule has 14 heteroatoms. The number of benzene rings is 4. The Morgan fingerprint density at radius 1 is 0.885 bits per heavy atom. The number of nitrogens with one attached hydrogen (secondary N) is 2. The summed E-state index contributed by atoms with van der Waals surface area (Å²) in [6.07, 6.45) is -10.2. The van der Waals surface area contributed by atoms with Gasteiger partial charge in [0, 0.05) is 46.7 Å². The van der Waals surface area contributed by atoms with Crippen LogP contribution in [0.4, 0.5) is 26.3 Å². The van der Waals surface area contributed by atoms with Crippen LogP contribution >= 0.6 is 0 Å². The van der Waals surface area contributed by atoms with Gasteiger partial charge in [0.15, 0.2) is 11.5 Å². The van der Waals surface area contributed by atoms with Crippen LogP contribution < -0.4 is 20.3 Å². The lowest BCUT2D eigenvalue weighted by Gasteiger charge is -2.27. The minimum absolute atomic E-state index is 0.0178. The van der Waals surface area contributed by atoms with Crippen LogP contribution in [0.2, 0.25) is 0 Å². The van der Waals surface area contributed by atoms with E-state index in [1.807, 2.05) is 0 Å². The number of aryl methyl sites for hydroxylation is 1. The van der Waals surface area contributed by atoms with Crippen LogP contribution in [-0.2, 0) is 25.8 Å². The Labute approximate surface area is 291 Å². The van der Waals surface area contributed by atoms with Crippen LogP contribution in [0.5, 0.6) is 17.2 Å². The first-order valence-electron chi connectivity index (χ1n) is 16.1. The van der Waals surface area contributed by atoms with Crippen molar-refractivity contribution in [3.05, 3.63) is 134 Å². The Kier molecular flexibility index (Phi) is 8.63. The van der Waals surface area contributed by atoms with Crippen molar-refractivity contribution < 1.29 is 45.7 Å². The molecule has 1 aliphatic rings. The molecule has 3 N–H and O–H groups in total. The van der Waals surface area contributed by atoms with Gasteiger partial charge in [0.05, 0.1) is 28.1 Å². The molecule has 0 fully saturated rings. The number of fused-ring (bicyclic) bond motifs is 3. The first-order chi connectivity index (χ1) is 24.7. The fraction of sp³-hybridized carbons (Fsp3) is 0.211. The van der Waals surface area contributed by atoms with Crippen molar-refractivity contribution in [1.82, 2.24) is 14.9 Å². The van der Waals surface area contributed by atoms with Gasteiger partial charge in [0.25, 0.3) is 11.5 Å². The van der Waals surface area contributed by atoms with E-state index in [0.717, 1.165) is 0 Å². The third-order valence-electron chi connectivity index (χ3n) is 9.15. The van der Waals surface area contributed by atoms with Gasteiger partial charge >= 0.3 is 12.4 Å². The van der Waals surface area contributed by atoms with Gasteiger partial charge in [-0.15, -0.1) is 0 Å². The standard InChI is InChI=1S/C38H29F6N3O5/c1-47-28-11-5-3-8-25(28)33(48)31(36(47)50)30(26-9-6-12-29-34(26)52-16-15-51-29)32-24(23-7-2-4-10-27(23)46-32)13-14-45-35(49)20-17-21(37(39,40)41)19-22(18-20)38(42,43)44/h2-12,17-19,30,46,48H,13-16H2,1H3,(H,45,49). The summed E-state index contributed by atoms with van der Waals surface area (Å²) >= 11 is 0. The highest BCUT2D eigenvalue weighted by molar-refractivity contribution is 5.95. The van der Waals surface area contributed by atoms with E-state index >= 15 is 0 Å². The van der Waals surface area contributed by atoms with Crippen LogP contribution in [0.15, 0.2) is 89.7 Å². The van der Waals surface area contributed by atoms with Gasteiger partial charge in [-0.2, -0.15) is 26.3 Å². The summed E-state index contributed by atoms with van der Waals surface area (Å²) < 4.78 is 94.3. The highest BCUT2D eigenvalue weighted by atomic mass is 19.4. The molecule has 0 bridgehead atoms. The largest absolute Gasteiger partial charge is 0.507 e. The van der Waals surface area contributed by atoms with E-state index in [1.54, 1.807) is 73.8 Å². The Morgan fingerprint density at radius 3 is 2.25 bits per heavy atom. The third kappa shape index (κ3) is 6.18. The van der Waals surface area contributed by atoms with Crippen molar-refractivity contribution >= 4 is 27.7 Å². The van der Waals surface area contributed by atoms with E-state index in [0.29, 0.717) is 62.3 Å². The lowest BCUT2D eigenvalue weighted by atomic mass is 9.84. The molecule has 7 rings (SSSR count). The molecule has 6 aromatic rings. The molecule has 8 nitrogen and oxygen atoms in total. The zero-order valence-corrected chi connectivity index (χ0v) is 27.3. The second-order valence-corrected chi connectivity index (χ2v) is 12.3. The Morgan fingerprint density at radius 2 is 1.54 bits per heavy atom. The maximum absolute atomic E-state index is 14.2. The number of carbonyl (C=O) groups is 1. The Balaban J connectivity index is 1.35. The van der Waals surface area contributed by atoms with Gasteiger partial charge in [-0.05, 0) is 54.4 Å². The fourth-order valence-corrected chi connectivity index (χ4v) is 6.77. The van der Waals surface area contributed by atoms with E-state index in [9.17, 15) is 41.0 Å². The van der Waals surface area contributed by atoms with Crippen LogP contribution in [-0.4, -0.2) is 40.3 Å². The van der Waals surface area contributed by atoms with Crippen molar-refractivity contribution in [1.29, 1.82) is 0 Å². The van der Waals surface area contributed by atoms with Gasteiger partial charge < -0.3 is 29.4 Å². The van der Waals surface area contributed by atoms with Gasteiger partial charge in [0.1, 0.15) is 19.0 Å². The number of aromatic nitrogens is 2. The Hall–Kier alpha value is -5.92. The van der Waals surface area contributed by atoms with E-state index in [2.05, 4.69) is 10.3 Å². The molecule has 0 spiro atoms. The smallest absolute Gasteiger partial charge is 0.416 e. The number of hydrogen-bond donors (Lipinski definition) is 3. The summed E-state index contributed by atoms with van der Waals surface area (Å²) in [6, 6.07) is 19.9. The number of aromatic amines is 1. The molecule has 0 saturated carbocycles. The van der Waals surface area contributed by atoms with Gasteiger partial charge in [-0.1, -0.05) is 42.5 Å². The zero-order valence-electron chi connectivity index (χ0n) is 27.3. The second kappa shape index (κ2) is 13.0. The number of ether oxygens (including phenoxy) is 2. The lowest BCUT2D eigenvalue weighted by molar-refractivity contribution is -0.143. The molecule has 52 heavy (non-hydrogen) atoms. The number of nitrogens with zero attached hydrogens (tertiary/aromatic N) is 1. The van der Waals surface area contributed by atoms with Crippen molar-refractivity contribution in [2.24, 2.45) is 7.05 Å². The predicted octanol–water partition coefficient (Wildman–Crippen LogP) is 7.69. The van der Waals surface area contributed by atoms with Crippen molar-refractivity contribution in [3.63, 3.8) is 0 Å². The first-order valence-corrected chi connectivity index (χ1v) is 16.1. The number of carbonyl (C=O) groups excluding carboxylic acids is 1. The number of H-pyrrole nitrogens is 1. The average Bonchev–Trinajstić information content (AvgIpc) is 3.49. The van der Waals surface area contributed by atoms with Crippen molar-refractivity contribution in [3.8, 4) is 17.2 Å². The van der Waals surface area contributed by atoms with E-state index < -0.39 is 46.4 Å². The van der Waals surface area contributed by atoms with Gasteiger partial charge in [-0.25, -0.2) is 0 Å². The summed E-state index contributed by atoms with van der Waals surface area (Å²) in [7, 11) is 1.59. The SMILES string of the molecule is Cn1c(=O)c(C(c2cccc3c2OCCO3)c2[nH]c3ccccc3c2CCNC(=O)c2cc(C(F)(F)F)cc(C(F)(F)F)c2)c(O)c2ccccc21. The monoisotopic (exact) mass is 721 g/mol. The molecule has 1 atom stereocenters. The summed E-state index contributed by atoms with van der Waals surface area (Å²) in [5, 5.41) is 15.4. The topological polar surface area (TPSA) is 106 Å². The quantitative estimate of drug-likeness (QED) is 0.147. The molecule has 4 aromatic carbocycles. The van der Waals surface area contributed by atoms with E-state index in [-0.39, 0.29) is 43.6 Å². The predicted molar refractivity (Wildman–Crippen MR) is 180 cm³/mol. The van der Waals surface area contributed by atoms with Crippen LogP contribution in [0.25, 0.3) is 21.8 Å². The molecule has 0 saturated heterocycles. The molecular weight excluding hydrogens is 692 g/mol. The summed E-state index contributed by atoms with van der Waals surface area (Å²) in [5.74, 6) is -1.62. The first kappa shape index (κ1) is 34.5. The van der Waals surface area contributed by atoms with Crippen molar-refractivity contribution in [2.45, 2.75) is 24.7 Å². The lowest BCUT2D eigenvalue weighted by Crippen LogP contribution is -2.28. The molecule has 1 amide bonds. The zero-order chi connectivity index (χ0) is 36.9. The molecule has 1 unspecified atom stereocenters. The summed E-state index contributed by atoms with van der Waals surface area (Å²) in [4.78, 5) is 30.7. The van der Waals surface area contributed by atoms with Crippen molar-refractivity contribution in [2.75, 3.05) is 19.8 Å². The molecule has 268 valence electrons. The van der Waals surface area contributed by atoms with E-state index in [4.69, 9.17) is 9.47 Å². The van der Waals surface area contributed by atoms with E-state index in [1.165, 1.54) is 4.57 Å². The Bertz CT molecular complexity index is 2380. The number of alkyl halides is 6. The van der Waals surface area contributed by atoms with Gasteiger partial charge in [0.2, 0.25) is 0 Å². The van der Waals surface area contributed by atoms with Gasteiger partial charge in [-0.3, -0.25) is 9.59 Å². The number of para-hydroxylation sites is 3. The normalized spacial score (nSPS) is 13.8. The molecule has 0 aliphatic carbocycles. The maximum atomic E-state index is 14.2. The van der Waals surface area contributed by atoms with Crippen LogP contribution in [0.3, 0.4) is 0 Å². The summed E-state index contributed by atoms with van der Waals surface area (Å²) in [6.45, 7) is 0.291. The molecule has 1 aliphatic heterocycles. The number of amides is 1. The molecule has 3 heterocycles. The third-order valence-corrected chi connectivity index (χ3v) is 9.15. The highest BCUT2D eigenvalue weighted by Gasteiger charge is 2.38. The van der Waals surface area contributed by atoms with Crippen LogP contribution in [0.1, 0.15) is 49.8 Å². The maximum Gasteiger partial charge on any atom is 0.416 e. The minimum atomic E-state index is -5.12. The second-order valence-electron chi connectivity index (χ2n) is 12.3. The minimum Gasteiger partial charge on any atom is -0.507 e. The number of hydrogen-bond acceptors (Lipinski definition) is 5. The number of rotatable bonds is 7. The number of aromatic hydroxyl groups is 1. The van der Waals surface area contributed by atoms with Crippen LogP contribution in [0, 0.1) is 0 Å². The number of halogens is 6. The molecular formula is C38H29F6N3O5. The highest BCUT2D eigenvalue weighted by Crippen LogP contribution is 2.47.